The second kappa shape index (κ2) is 4.67. The molecule has 0 atom stereocenters. The Kier molecular flexibility index (Phi) is 3.37. The highest BCUT2D eigenvalue weighted by atomic mass is 15.3. The third-order valence-corrected chi connectivity index (χ3v) is 3.04. The van der Waals surface area contributed by atoms with E-state index in [0.717, 1.165) is 22.6 Å². The standard InChI is InChI=1S/C14H22N4/c1-8(2)12-11-7-18(10(5)6)17-14(11)16-13(15-12)9(3)4/h7-10H,1-6H3. The number of nitrogens with zero attached hydrogens (tertiary/aromatic N) is 4. The summed E-state index contributed by atoms with van der Waals surface area (Å²) >= 11 is 0. The highest BCUT2D eigenvalue weighted by molar-refractivity contribution is 5.77. The van der Waals surface area contributed by atoms with Gasteiger partial charge in [0.05, 0.1) is 11.1 Å². The number of fused-ring (bicyclic) bond motifs is 1. The van der Waals surface area contributed by atoms with Crippen molar-refractivity contribution in [2.75, 3.05) is 0 Å². The van der Waals surface area contributed by atoms with Crippen LogP contribution in [0.2, 0.25) is 0 Å². The Morgan fingerprint density at radius 2 is 1.61 bits per heavy atom. The average Bonchev–Trinajstić information content (AvgIpc) is 2.70. The van der Waals surface area contributed by atoms with Crippen molar-refractivity contribution in [1.29, 1.82) is 0 Å². The molecular weight excluding hydrogens is 224 g/mol. The molecule has 0 radical (unpaired) electrons. The molecule has 0 aliphatic heterocycles. The summed E-state index contributed by atoms with van der Waals surface area (Å²) in [6.45, 7) is 12.8. The van der Waals surface area contributed by atoms with Crippen LogP contribution in [0.4, 0.5) is 0 Å². The van der Waals surface area contributed by atoms with Crippen LogP contribution >= 0.6 is 0 Å². The van der Waals surface area contributed by atoms with Crippen LogP contribution in [-0.2, 0) is 0 Å². The highest BCUT2D eigenvalue weighted by Gasteiger charge is 2.16. The molecule has 2 heterocycles. The highest BCUT2D eigenvalue weighted by Crippen LogP contribution is 2.25. The van der Waals surface area contributed by atoms with Crippen molar-refractivity contribution in [3.8, 4) is 0 Å². The van der Waals surface area contributed by atoms with Crippen molar-refractivity contribution in [3.05, 3.63) is 17.7 Å². The maximum Gasteiger partial charge on any atom is 0.184 e. The minimum absolute atomic E-state index is 0.330. The Morgan fingerprint density at radius 3 is 2.11 bits per heavy atom. The summed E-state index contributed by atoms with van der Waals surface area (Å²) < 4.78 is 1.97. The molecule has 0 spiro atoms. The molecule has 98 valence electrons. The molecule has 4 heteroatoms. The Labute approximate surface area is 108 Å². The van der Waals surface area contributed by atoms with Crippen LogP contribution < -0.4 is 0 Å². The summed E-state index contributed by atoms with van der Waals surface area (Å²) in [5.74, 6) is 1.61. The smallest absolute Gasteiger partial charge is 0.184 e. The van der Waals surface area contributed by atoms with Crippen LogP contribution in [0.15, 0.2) is 6.20 Å². The average molecular weight is 246 g/mol. The molecule has 0 saturated heterocycles. The van der Waals surface area contributed by atoms with Crippen LogP contribution in [0.3, 0.4) is 0 Å². The Balaban J connectivity index is 2.69. The molecule has 2 rings (SSSR count). The van der Waals surface area contributed by atoms with Crippen molar-refractivity contribution in [2.45, 2.75) is 59.4 Å². The maximum absolute atomic E-state index is 4.71. The maximum atomic E-state index is 4.71. The minimum Gasteiger partial charge on any atom is -0.267 e. The van der Waals surface area contributed by atoms with E-state index in [9.17, 15) is 0 Å². The van der Waals surface area contributed by atoms with E-state index in [2.05, 4.69) is 57.8 Å². The Hall–Kier alpha value is -1.45. The fraction of sp³-hybridized carbons (Fsp3) is 0.643. The van der Waals surface area contributed by atoms with Crippen molar-refractivity contribution in [3.63, 3.8) is 0 Å². The van der Waals surface area contributed by atoms with Gasteiger partial charge in [-0.1, -0.05) is 27.7 Å². The van der Waals surface area contributed by atoms with E-state index in [0.29, 0.717) is 17.9 Å². The van der Waals surface area contributed by atoms with Gasteiger partial charge in [-0.15, -0.1) is 0 Å². The number of hydrogen-bond donors (Lipinski definition) is 0. The summed E-state index contributed by atoms with van der Waals surface area (Å²) in [6.07, 6.45) is 2.07. The molecule has 4 nitrogen and oxygen atoms in total. The van der Waals surface area contributed by atoms with Crippen LogP contribution in [-0.4, -0.2) is 19.7 Å². The molecular formula is C14H22N4. The largest absolute Gasteiger partial charge is 0.267 e. The third kappa shape index (κ3) is 2.24. The van der Waals surface area contributed by atoms with Gasteiger partial charge in [-0.05, 0) is 19.8 Å². The minimum atomic E-state index is 0.330. The van der Waals surface area contributed by atoms with Gasteiger partial charge in [-0.25, -0.2) is 9.97 Å². The molecule has 0 saturated carbocycles. The first-order chi connectivity index (χ1) is 8.40. The monoisotopic (exact) mass is 246 g/mol. The first kappa shape index (κ1) is 13.0. The second-order valence-electron chi connectivity index (χ2n) is 5.72. The van der Waals surface area contributed by atoms with Gasteiger partial charge in [0.2, 0.25) is 0 Å². The van der Waals surface area contributed by atoms with E-state index >= 15 is 0 Å². The molecule has 0 aliphatic rings. The van der Waals surface area contributed by atoms with Crippen LogP contribution in [0.25, 0.3) is 11.0 Å². The molecule has 0 amide bonds. The SMILES string of the molecule is CC(C)c1nc(C(C)C)c2cn(C(C)C)nc2n1. The van der Waals surface area contributed by atoms with Crippen molar-refractivity contribution in [2.24, 2.45) is 0 Å². The lowest BCUT2D eigenvalue weighted by atomic mass is 10.1. The van der Waals surface area contributed by atoms with Crippen molar-refractivity contribution >= 4 is 11.0 Å². The van der Waals surface area contributed by atoms with Crippen LogP contribution in [0, 0.1) is 0 Å². The fourth-order valence-corrected chi connectivity index (χ4v) is 1.93. The summed E-state index contributed by atoms with van der Waals surface area (Å²) in [6, 6.07) is 0.349. The zero-order valence-corrected chi connectivity index (χ0v) is 12.1. The summed E-state index contributed by atoms with van der Waals surface area (Å²) in [4.78, 5) is 9.29. The van der Waals surface area contributed by atoms with Gasteiger partial charge >= 0.3 is 0 Å². The molecule has 0 N–H and O–H groups in total. The molecule has 0 bridgehead atoms. The molecule has 18 heavy (non-hydrogen) atoms. The zero-order valence-electron chi connectivity index (χ0n) is 12.1. The van der Waals surface area contributed by atoms with Gasteiger partial charge in [0.15, 0.2) is 5.65 Å². The zero-order chi connectivity index (χ0) is 13.4. The van der Waals surface area contributed by atoms with E-state index < -0.39 is 0 Å². The quantitative estimate of drug-likeness (QED) is 0.830. The first-order valence-electron chi connectivity index (χ1n) is 6.66. The fourth-order valence-electron chi connectivity index (χ4n) is 1.93. The second-order valence-corrected chi connectivity index (χ2v) is 5.72. The third-order valence-electron chi connectivity index (χ3n) is 3.04. The summed E-state index contributed by atoms with van der Waals surface area (Å²) in [5.41, 5.74) is 1.93. The van der Waals surface area contributed by atoms with Gasteiger partial charge < -0.3 is 0 Å². The van der Waals surface area contributed by atoms with E-state index in [-0.39, 0.29) is 0 Å². The van der Waals surface area contributed by atoms with Gasteiger partial charge in [0, 0.05) is 18.2 Å². The van der Waals surface area contributed by atoms with E-state index in [1.54, 1.807) is 0 Å². The van der Waals surface area contributed by atoms with Gasteiger partial charge in [-0.2, -0.15) is 5.10 Å². The molecule has 0 fully saturated rings. The predicted octanol–water partition coefficient (Wildman–Crippen LogP) is 3.65. The number of hydrogen-bond acceptors (Lipinski definition) is 3. The molecule has 0 aromatic carbocycles. The lowest BCUT2D eigenvalue weighted by molar-refractivity contribution is 0.536. The van der Waals surface area contributed by atoms with E-state index in [1.165, 1.54) is 0 Å². The molecule has 0 aliphatic carbocycles. The van der Waals surface area contributed by atoms with E-state index in [1.807, 2.05) is 4.68 Å². The van der Waals surface area contributed by atoms with Crippen molar-refractivity contribution in [1.82, 2.24) is 19.7 Å². The van der Waals surface area contributed by atoms with Crippen LogP contribution in [0.5, 0.6) is 0 Å². The van der Waals surface area contributed by atoms with Gasteiger partial charge in [-0.3, -0.25) is 4.68 Å². The Bertz CT molecular complexity index is 552. The number of aromatic nitrogens is 4. The molecule has 2 aromatic rings. The predicted molar refractivity (Wildman–Crippen MR) is 73.9 cm³/mol. The van der Waals surface area contributed by atoms with E-state index in [4.69, 9.17) is 4.98 Å². The lowest BCUT2D eigenvalue weighted by Gasteiger charge is -2.09. The summed E-state index contributed by atoms with van der Waals surface area (Å²) in [7, 11) is 0. The van der Waals surface area contributed by atoms with Gasteiger partial charge in [0.1, 0.15) is 5.82 Å². The normalized spacial score (nSPS) is 12.3. The molecule has 0 unspecified atom stereocenters. The lowest BCUT2D eigenvalue weighted by Crippen LogP contribution is -2.03. The number of rotatable bonds is 3. The molecule has 2 aromatic heterocycles. The first-order valence-corrected chi connectivity index (χ1v) is 6.66. The topological polar surface area (TPSA) is 43.6 Å². The Morgan fingerprint density at radius 1 is 0.944 bits per heavy atom. The summed E-state index contributed by atoms with van der Waals surface area (Å²) in [5, 5.41) is 5.65. The van der Waals surface area contributed by atoms with Crippen LogP contribution in [0.1, 0.15) is 70.9 Å². The van der Waals surface area contributed by atoms with Crippen molar-refractivity contribution < 1.29 is 0 Å². The van der Waals surface area contributed by atoms with Gasteiger partial charge in [0.25, 0.3) is 0 Å².